The molecule has 0 bridgehead atoms. The monoisotopic (exact) mass is 302 g/mol. The van der Waals surface area contributed by atoms with Crippen LogP contribution >= 0.6 is 0 Å². The number of para-hydroxylation sites is 1. The molecule has 2 rings (SSSR count). The number of rotatable bonds is 5. The first-order chi connectivity index (χ1) is 10.6. The predicted octanol–water partition coefficient (Wildman–Crippen LogP) is 1.58. The van der Waals surface area contributed by atoms with E-state index in [2.05, 4.69) is 15.6 Å². The fraction of sp³-hybridized carbons (Fsp3) is 0.375. The van der Waals surface area contributed by atoms with Crippen molar-refractivity contribution in [3.05, 3.63) is 36.1 Å². The van der Waals surface area contributed by atoms with Crippen molar-refractivity contribution in [2.45, 2.75) is 13.5 Å². The zero-order chi connectivity index (χ0) is 15.9. The number of likely N-dealkylation sites (N-methyl/N-ethyl adjacent to an activating group) is 1. The summed E-state index contributed by atoms with van der Waals surface area (Å²) in [4.78, 5) is 17.4. The van der Waals surface area contributed by atoms with Crippen LogP contribution in [0.2, 0.25) is 0 Å². The Morgan fingerprint density at radius 1 is 1.27 bits per heavy atom. The molecule has 118 valence electrons. The van der Waals surface area contributed by atoms with Crippen molar-refractivity contribution < 1.29 is 9.21 Å². The summed E-state index contributed by atoms with van der Waals surface area (Å²) >= 11 is 0. The highest BCUT2D eigenvalue weighted by Gasteiger charge is 2.06. The van der Waals surface area contributed by atoms with Gasteiger partial charge in [0.05, 0.1) is 6.54 Å². The van der Waals surface area contributed by atoms with E-state index in [1.54, 1.807) is 14.1 Å². The van der Waals surface area contributed by atoms with E-state index >= 15 is 0 Å². The van der Waals surface area contributed by atoms with Crippen LogP contribution < -0.4 is 10.6 Å². The van der Waals surface area contributed by atoms with E-state index in [1.807, 2.05) is 37.3 Å². The molecule has 1 amide bonds. The van der Waals surface area contributed by atoms with Gasteiger partial charge in [-0.05, 0) is 19.1 Å². The lowest BCUT2D eigenvalue weighted by atomic mass is 10.2. The molecule has 1 heterocycles. The summed E-state index contributed by atoms with van der Waals surface area (Å²) in [6.07, 6.45) is 0. The molecule has 6 nitrogen and oxygen atoms in total. The first-order valence-corrected chi connectivity index (χ1v) is 7.30. The first kappa shape index (κ1) is 15.9. The number of hydrogen-bond donors (Lipinski definition) is 2. The highest BCUT2D eigenvalue weighted by Crippen LogP contribution is 2.18. The maximum absolute atomic E-state index is 11.6. The Morgan fingerprint density at radius 3 is 2.73 bits per heavy atom. The maximum atomic E-state index is 11.6. The second kappa shape index (κ2) is 7.49. The van der Waals surface area contributed by atoms with E-state index in [0.717, 1.165) is 23.3 Å². The fourth-order valence-electron chi connectivity index (χ4n) is 1.92. The molecule has 6 heteroatoms. The molecule has 0 aliphatic rings. The number of amides is 1. The van der Waals surface area contributed by atoms with Crippen LogP contribution in [0.1, 0.15) is 12.7 Å². The van der Waals surface area contributed by atoms with Crippen molar-refractivity contribution in [1.29, 1.82) is 0 Å². The average Bonchev–Trinajstić information content (AvgIpc) is 2.92. The SMILES string of the molecule is CCNC(=NCC(=O)N(C)C)NCc1cc2ccccc2o1. The van der Waals surface area contributed by atoms with Crippen LogP contribution in [0.3, 0.4) is 0 Å². The normalized spacial score (nSPS) is 11.5. The van der Waals surface area contributed by atoms with Gasteiger partial charge in [-0.3, -0.25) is 4.79 Å². The summed E-state index contributed by atoms with van der Waals surface area (Å²) in [5.41, 5.74) is 0.865. The van der Waals surface area contributed by atoms with Gasteiger partial charge in [0, 0.05) is 26.0 Å². The van der Waals surface area contributed by atoms with E-state index in [4.69, 9.17) is 4.42 Å². The summed E-state index contributed by atoms with van der Waals surface area (Å²) in [6, 6.07) is 9.87. The van der Waals surface area contributed by atoms with Crippen molar-refractivity contribution in [3.63, 3.8) is 0 Å². The molecule has 1 aromatic heterocycles. The second-order valence-electron chi connectivity index (χ2n) is 5.09. The summed E-state index contributed by atoms with van der Waals surface area (Å²) in [5, 5.41) is 7.35. The molecule has 0 atom stereocenters. The lowest BCUT2D eigenvalue weighted by molar-refractivity contribution is -0.127. The van der Waals surface area contributed by atoms with Gasteiger partial charge in [0.15, 0.2) is 5.96 Å². The van der Waals surface area contributed by atoms with Gasteiger partial charge in [-0.1, -0.05) is 18.2 Å². The van der Waals surface area contributed by atoms with Crippen molar-refractivity contribution in [3.8, 4) is 0 Å². The van der Waals surface area contributed by atoms with Crippen molar-refractivity contribution in [2.75, 3.05) is 27.2 Å². The number of nitrogens with zero attached hydrogens (tertiary/aromatic N) is 2. The van der Waals surface area contributed by atoms with E-state index in [1.165, 1.54) is 4.90 Å². The number of benzene rings is 1. The zero-order valence-corrected chi connectivity index (χ0v) is 13.2. The molecule has 2 N–H and O–H groups in total. The summed E-state index contributed by atoms with van der Waals surface area (Å²) in [6.45, 7) is 3.33. The summed E-state index contributed by atoms with van der Waals surface area (Å²) in [5.74, 6) is 1.38. The van der Waals surface area contributed by atoms with Gasteiger partial charge in [-0.25, -0.2) is 4.99 Å². The van der Waals surface area contributed by atoms with Crippen LogP contribution in [0.5, 0.6) is 0 Å². The number of aliphatic imine (C=N–C) groups is 1. The molecular weight excluding hydrogens is 280 g/mol. The Bertz CT molecular complexity index is 628. The van der Waals surface area contributed by atoms with Crippen molar-refractivity contribution >= 4 is 22.8 Å². The van der Waals surface area contributed by atoms with E-state index in [-0.39, 0.29) is 12.5 Å². The molecule has 0 spiro atoms. The predicted molar refractivity (Wildman–Crippen MR) is 87.7 cm³/mol. The molecule has 0 aliphatic heterocycles. The quantitative estimate of drug-likeness (QED) is 0.650. The lowest BCUT2D eigenvalue weighted by Gasteiger charge is -2.11. The smallest absolute Gasteiger partial charge is 0.243 e. The Labute approximate surface area is 130 Å². The van der Waals surface area contributed by atoms with Gasteiger partial charge >= 0.3 is 0 Å². The number of carbonyl (C=O) groups excluding carboxylic acids is 1. The Hall–Kier alpha value is -2.50. The highest BCUT2D eigenvalue weighted by atomic mass is 16.3. The molecule has 1 aromatic carbocycles. The molecule has 0 aliphatic carbocycles. The molecule has 0 saturated carbocycles. The van der Waals surface area contributed by atoms with Crippen LogP contribution in [0.15, 0.2) is 39.7 Å². The van der Waals surface area contributed by atoms with Gasteiger partial charge in [0.25, 0.3) is 0 Å². The van der Waals surface area contributed by atoms with E-state index < -0.39 is 0 Å². The van der Waals surface area contributed by atoms with Crippen LogP contribution in [0, 0.1) is 0 Å². The highest BCUT2D eigenvalue weighted by molar-refractivity contribution is 5.84. The number of fused-ring (bicyclic) bond motifs is 1. The van der Waals surface area contributed by atoms with Crippen LogP contribution in [0.4, 0.5) is 0 Å². The lowest BCUT2D eigenvalue weighted by Crippen LogP contribution is -2.38. The average molecular weight is 302 g/mol. The molecule has 22 heavy (non-hydrogen) atoms. The van der Waals surface area contributed by atoms with Gasteiger partial charge < -0.3 is 20.0 Å². The zero-order valence-electron chi connectivity index (χ0n) is 13.2. The summed E-state index contributed by atoms with van der Waals surface area (Å²) in [7, 11) is 3.43. The number of hydrogen-bond acceptors (Lipinski definition) is 3. The number of guanidine groups is 1. The third kappa shape index (κ3) is 4.25. The number of nitrogens with one attached hydrogen (secondary N) is 2. The third-order valence-corrected chi connectivity index (χ3v) is 3.12. The van der Waals surface area contributed by atoms with Crippen LogP contribution in [-0.4, -0.2) is 44.0 Å². The van der Waals surface area contributed by atoms with Gasteiger partial charge in [-0.2, -0.15) is 0 Å². The summed E-state index contributed by atoms with van der Waals surface area (Å²) < 4.78 is 5.74. The molecular formula is C16H22N4O2. The molecule has 0 radical (unpaired) electrons. The second-order valence-corrected chi connectivity index (χ2v) is 5.09. The maximum Gasteiger partial charge on any atom is 0.243 e. The van der Waals surface area contributed by atoms with Gasteiger partial charge in [0.1, 0.15) is 17.9 Å². The van der Waals surface area contributed by atoms with Gasteiger partial charge in [-0.15, -0.1) is 0 Å². The van der Waals surface area contributed by atoms with Crippen LogP contribution in [-0.2, 0) is 11.3 Å². The van der Waals surface area contributed by atoms with Crippen molar-refractivity contribution in [1.82, 2.24) is 15.5 Å². The number of furan rings is 1. The van der Waals surface area contributed by atoms with Gasteiger partial charge in [0.2, 0.25) is 5.91 Å². The molecule has 0 saturated heterocycles. The largest absolute Gasteiger partial charge is 0.459 e. The standard InChI is InChI=1S/C16H22N4O2/c1-4-17-16(19-11-15(21)20(2)3)18-10-13-9-12-7-5-6-8-14(12)22-13/h5-9H,4,10-11H2,1-3H3,(H2,17,18,19). The number of carbonyl (C=O) groups is 1. The minimum Gasteiger partial charge on any atom is -0.459 e. The Morgan fingerprint density at radius 2 is 2.05 bits per heavy atom. The molecule has 2 aromatic rings. The fourth-order valence-corrected chi connectivity index (χ4v) is 1.92. The topological polar surface area (TPSA) is 69.9 Å². The molecule has 0 fully saturated rings. The first-order valence-electron chi connectivity index (χ1n) is 7.30. The van der Waals surface area contributed by atoms with E-state index in [0.29, 0.717) is 12.5 Å². The minimum atomic E-state index is -0.0408. The third-order valence-electron chi connectivity index (χ3n) is 3.12. The van der Waals surface area contributed by atoms with E-state index in [9.17, 15) is 4.79 Å². The Balaban J connectivity index is 1.98. The minimum absolute atomic E-state index is 0.0408. The Kier molecular flexibility index (Phi) is 5.41. The van der Waals surface area contributed by atoms with Crippen LogP contribution in [0.25, 0.3) is 11.0 Å². The van der Waals surface area contributed by atoms with Crippen molar-refractivity contribution in [2.24, 2.45) is 4.99 Å². The molecule has 0 unspecified atom stereocenters.